The summed E-state index contributed by atoms with van der Waals surface area (Å²) in [5, 5.41) is 0.594. The van der Waals surface area contributed by atoms with Crippen LogP contribution in [0.25, 0.3) is 0 Å². The topological polar surface area (TPSA) is 56.8 Å². The van der Waals surface area contributed by atoms with Crippen LogP contribution in [-0.2, 0) is 19.0 Å². The van der Waals surface area contributed by atoms with Crippen molar-refractivity contribution in [3.05, 3.63) is 40.4 Å². The molecule has 7 heteroatoms. The zero-order valence-corrected chi connectivity index (χ0v) is 15.9. The Labute approximate surface area is 157 Å². The first-order chi connectivity index (χ1) is 12.0. The van der Waals surface area contributed by atoms with E-state index >= 15 is 0 Å². The molecule has 1 N–H and O–H groups in total. The normalized spacial score (nSPS) is 21.9. The van der Waals surface area contributed by atoms with Crippen LogP contribution >= 0.6 is 23.5 Å². The van der Waals surface area contributed by atoms with E-state index in [0.29, 0.717) is 36.8 Å². The molecule has 1 aromatic rings. The van der Waals surface area contributed by atoms with E-state index in [2.05, 4.69) is 4.72 Å². The van der Waals surface area contributed by atoms with Crippen molar-refractivity contribution in [1.29, 1.82) is 0 Å². The Bertz CT molecular complexity index is 653. The van der Waals surface area contributed by atoms with E-state index in [1.807, 2.05) is 25.1 Å². The Morgan fingerprint density at radius 1 is 1.44 bits per heavy atom. The number of nitrogens with one attached hydrogen (secondary N) is 1. The third-order valence-corrected chi connectivity index (χ3v) is 5.70. The molecule has 1 spiro atoms. The number of hydrogen-bond acceptors (Lipinski definition) is 6. The van der Waals surface area contributed by atoms with Gasteiger partial charge in [-0.1, -0.05) is 23.7 Å². The quantitative estimate of drug-likeness (QED) is 0.610. The number of esters is 1. The van der Waals surface area contributed by atoms with Crippen molar-refractivity contribution in [3.8, 4) is 0 Å². The van der Waals surface area contributed by atoms with E-state index in [4.69, 9.17) is 25.8 Å². The van der Waals surface area contributed by atoms with Crippen LogP contribution in [0.2, 0.25) is 5.02 Å². The largest absolute Gasteiger partial charge is 0.463 e. The summed E-state index contributed by atoms with van der Waals surface area (Å²) in [6.45, 7) is 5.21. The maximum atomic E-state index is 12.4. The van der Waals surface area contributed by atoms with E-state index in [1.54, 1.807) is 13.0 Å². The highest BCUT2D eigenvalue weighted by atomic mass is 35.5. The molecule has 3 rings (SSSR count). The number of aryl methyl sites for hydroxylation is 1. The lowest BCUT2D eigenvalue weighted by molar-refractivity contribution is -0.142. The molecule has 1 fully saturated rings. The van der Waals surface area contributed by atoms with Gasteiger partial charge in [-0.25, -0.2) is 4.79 Å². The average molecular weight is 384 g/mol. The fourth-order valence-corrected chi connectivity index (χ4v) is 4.39. The third kappa shape index (κ3) is 4.14. The van der Waals surface area contributed by atoms with Crippen molar-refractivity contribution < 1.29 is 19.0 Å². The Morgan fingerprint density at radius 2 is 2.20 bits per heavy atom. The Morgan fingerprint density at radius 3 is 2.88 bits per heavy atom. The van der Waals surface area contributed by atoms with Gasteiger partial charge < -0.3 is 18.9 Å². The molecule has 1 saturated heterocycles. The lowest BCUT2D eigenvalue weighted by atomic mass is 9.94. The highest BCUT2D eigenvalue weighted by molar-refractivity contribution is 8.01. The van der Waals surface area contributed by atoms with Gasteiger partial charge in [0.25, 0.3) is 0 Å². The molecule has 0 radical (unpaired) electrons. The van der Waals surface area contributed by atoms with Gasteiger partial charge in [-0.2, -0.15) is 0 Å². The first-order valence-electron chi connectivity index (χ1n) is 8.39. The molecule has 0 bridgehead atoms. The number of ether oxygens (including phenoxy) is 3. The van der Waals surface area contributed by atoms with Gasteiger partial charge in [0.05, 0.1) is 41.4 Å². The molecular weight excluding hydrogens is 362 g/mol. The molecular formula is C18H22ClNO4S. The Hall–Kier alpha value is -1.21. The molecule has 2 aliphatic rings. The number of rotatable bonds is 5. The van der Waals surface area contributed by atoms with Crippen molar-refractivity contribution in [1.82, 2.24) is 0 Å². The summed E-state index contributed by atoms with van der Waals surface area (Å²) < 4.78 is 20.0. The van der Waals surface area contributed by atoms with Gasteiger partial charge >= 0.3 is 5.97 Å². The van der Waals surface area contributed by atoms with Crippen molar-refractivity contribution in [2.24, 2.45) is 0 Å². The summed E-state index contributed by atoms with van der Waals surface area (Å²) >= 11 is 7.74. The van der Waals surface area contributed by atoms with Gasteiger partial charge in [0.1, 0.15) is 0 Å². The van der Waals surface area contributed by atoms with Crippen molar-refractivity contribution in [2.45, 2.75) is 37.7 Å². The Balaban J connectivity index is 1.78. The number of carbonyl (C=O) groups excluding carboxylic acids is 1. The second-order valence-electron chi connectivity index (χ2n) is 6.01. The highest BCUT2D eigenvalue weighted by Gasteiger charge is 2.42. The molecule has 5 nitrogen and oxygen atoms in total. The Kier molecular flexibility index (Phi) is 5.94. The van der Waals surface area contributed by atoms with Crippen LogP contribution in [0, 0.1) is 6.92 Å². The number of carbonyl (C=O) groups is 1. The lowest BCUT2D eigenvalue weighted by Crippen LogP contribution is -2.36. The van der Waals surface area contributed by atoms with E-state index in [9.17, 15) is 4.79 Å². The highest BCUT2D eigenvalue weighted by Crippen LogP contribution is 2.40. The van der Waals surface area contributed by atoms with E-state index in [0.717, 1.165) is 17.7 Å². The standard InChI is InChI=1S/C18H22ClNO4S/c1-3-22-17(21)13-11-18(23-9-10-24-18)8-7-15(13)25-20-16-12(2)5-4-6-14(16)19/h4-6,11,15,20H,3,7-10H2,1-2H3. The van der Waals surface area contributed by atoms with Crippen molar-refractivity contribution >= 4 is 35.2 Å². The van der Waals surface area contributed by atoms with Crippen LogP contribution in [0.4, 0.5) is 5.69 Å². The summed E-state index contributed by atoms with van der Waals surface area (Å²) in [5.74, 6) is -1.10. The smallest absolute Gasteiger partial charge is 0.335 e. The van der Waals surface area contributed by atoms with Crippen LogP contribution in [0.5, 0.6) is 0 Å². The molecule has 1 atom stereocenters. The summed E-state index contributed by atoms with van der Waals surface area (Å²) in [4.78, 5) is 12.4. The van der Waals surface area contributed by atoms with Gasteiger partial charge in [-0.05, 0) is 49.9 Å². The van der Waals surface area contributed by atoms with E-state index in [1.165, 1.54) is 11.9 Å². The second kappa shape index (κ2) is 7.99. The average Bonchev–Trinajstić information content (AvgIpc) is 3.04. The minimum absolute atomic E-state index is 0.0619. The van der Waals surface area contributed by atoms with Gasteiger partial charge in [0.15, 0.2) is 5.79 Å². The van der Waals surface area contributed by atoms with Gasteiger partial charge in [-0.3, -0.25) is 0 Å². The minimum Gasteiger partial charge on any atom is -0.463 e. The summed E-state index contributed by atoms with van der Waals surface area (Å²) in [5.41, 5.74) is 2.50. The molecule has 1 aliphatic heterocycles. The fourth-order valence-electron chi connectivity index (χ4n) is 3.01. The molecule has 0 saturated carbocycles. The molecule has 1 aromatic carbocycles. The molecule has 1 unspecified atom stereocenters. The predicted octanol–water partition coefficient (Wildman–Crippen LogP) is 4.10. The van der Waals surface area contributed by atoms with E-state index < -0.39 is 5.79 Å². The third-order valence-electron chi connectivity index (χ3n) is 4.29. The second-order valence-corrected chi connectivity index (χ2v) is 7.42. The maximum Gasteiger partial charge on any atom is 0.335 e. The molecule has 25 heavy (non-hydrogen) atoms. The van der Waals surface area contributed by atoms with Crippen LogP contribution in [0.15, 0.2) is 29.8 Å². The number of hydrogen-bond donors (Lipinski definition) is 1. The van der Waals surface area contributed by atoms with Crippen LogP contribution in [-0.4, -0.2) is 36.8 Å². The van der Waals surface area contributed by atoms with Gasteiger partial charge in [-0.15, -0.1) is 0 Å². The lowest BCUT2D eigenvalue weighted by Gasteiger charge is -2.33. The number of para-hydroxylation sites is 1. The van der Waals surface area contributed by atoms with Gasteiger partial charge in [0.2, 0.25) is 0 Å². The number of anilines is 1. The van der Waals surface area contributed by atoms with Crippen LogP contribution in [0.1, 0.15) is 25.3 Å². The zero-order chi connectivity index (χ0) is 17.9. The summed E-state index contributed by atoms with van der Waals surface area (Å²) in [6.07, 6.45) is 3.24. The van der Waals surface area contributed by atoms with Crippen LogP contribution in [0.3, 0.4) is 0 Å². The van der Waals surface area contributed by atoms with Crippen molar-refractivity contribution in [3.63, 3.8) is 0 Å². The monoisotopic (exact) mass is 383 g/mol. The summed E-state index contributed by atoms with van der Waals surface area (Å²) in [7, 11) is 0. The molecule has 136 valence electrons. The molecule has 1 heterocycles. The first kappa shape index (κ1) is 18.6. The first-order valence-corrected chi connectivity index (χ1v) is 9.65. The zero-order valence-electron chi connectivity index (χ0n) is 14.3. The maximum absolute atomic E-state index is 12.4. The predicted molar refractivity (Wildman–Crippen MR) is 99.8 cm³/mol. The fraction of sp³-hybridized carbons (Fsp3) is 0.500. The van der Waals surface area contributed by atoms with Crippen molar-refractivity contribution in [2.75, 3.05) is 24.5 Å². The number of benzene rings is 1. The SMILES string of the molecule is CCOC(=O)C1=CC2(CCC1SNc1c(C)cccc1Cl)OCCO2. The van der Waals surface area contributed by atoms with E-state index in [-0.39, 0.29) is 11.2 Å². The van der Waals surface area contributed by atoms with Gasteiger partial charge in [0, 0.05) is 6.42 Å². The minimum atomic E-state index is -0.778. The number of halogens is 1. The summed E-state index contributed by atoms with van der Waals surface area (Å²) in [6, 6.07) is 5.75. The van der Waals surface area contributed by atoms with Crippen LogP contribution < -0.4 is 4.72 Å². The molecule has 1 aliphatic carbocycles. The molecule has 0 aromatic heterocycles. The molecule has 0 amide bonds.